The Balaban J connectivity index is 0.790. The van der Waals surface area contributed by atoms with Gasteiger partial charge >= 0.3 is 18.2 Å². The number of methoxy groups -OCH3 is 1. The number of imide groups is 1. The Morgan fingerprint density at radius 1 is 0.915 bits per heavy atom. The van der Waals surface area contributed by atoms with Gasteiger partial charge in [0.25, 0.3) is 5.91 Å². The summed E-state index contributed by atoms with van der Waals surface area (Å²) in [5, 5.41) is 16.1. The zero-order valence-corrected chi connectivity index (χ0v) is 41.4. The number of alkyl halides is 3. The summed E-state index contributed by atoms with van der Waals surface area (Å²) in [6, 6.07) is 10.7. The molecule has 0 radical (unpaired) electrons. The van der Waals surface area contributed by atoms with E-state index in [-0.39, 0.29) is 48.1 Å². The van der Waals surface area contributed by atoms with Crippen molar-refractivity contribution in [2.45, 2.75) is 109 Å². The van der Waals surface area contributed by atoms with Crippen LogP contribution in [0.2, 0.25) is 5.02 Å². The maximum absolute atomic E-state index is 13.9. The second kappa shape index (κ2) is 21.8. The van der Waals surface area contributed by atoms with Crippen LogP contribution >= 0.6 is 11.6 Å². The van der Waals surface area contributed by atoms with Crippen molar-refractivity contribution >= 4 is 63.7 Å². The van der Waals surface area contributed by atoms with Gasteiger partial charge in [0.1, 0.15) is 17.4 Å². The first kappa shape index (κ1) is 51.3. The van der Waals surface area contributed by atoms with Crippen molar-refractivity contribution in [1.29, 1.82) is 0 Å². The number of likely N-dealkylation sites (tertiary alicyclic amines) is 2. The van der Waals surface area contributed by atoms with Gasteiger partial charge in [-0.1, -0.05) is 11.6 Å². The first-order valence-electron chi connectivity index (χ1n) is 24.6. The van der Waals surface area contributed by atoms with Crippen molar-refractivity contribution in [2.24, 2.45) is 11.8 Å². The van der Waals surface area contributed by atoms with Crippen molar-refractivity contribution in [3.8, 4) is 5.75 Å². The molecule has 5 amide bonds. The van der Waals surface area contributed by atoms with Gasteiger partial charge in [0.15, 0.2) is 0 Å². The van der Waals surface area contributed by atoms with E-state index in [2.05, 4.69) is 37.4 Å². The molecule has 8 rings (SSSR count). The van der Waals surface area contributed by atoms with Gasteiger partial charge < -0.3 is 29.9 Å². The van der Waals surface area contributed by atoms with Gasteiger partial charge in [-0.3, -0.25) is 24.6 Å². The van der Waals surface area contributed by atoms with E-state index in [4.69, 9.17) is 16.3 Å². The number of ether oxygens (including phenoxy) is 1. The monoisotopic (exact) mass is 1000 g/mol. The minimum atomic E-state index is -4.73. The molecular formula is C52H62ClF3N8O7. The number of urea groups is 1. The van der Waals surface area contributed by atoms with Crippen LogP contribution in [0.3, 0.4) is 0 Å². The fraction of sp³-hybridized carbons (Fsp3) is 0.519. The summed E-state index contributed by atoms with van der Waals surface area (Å²) in [5.41, 5.74) is 1.04. The Morgan fingerprint density at radius 3 is 2.28 bits per heavy atom. The highest BCUT2D eigenvalue weighted by Crippen LogP contribution is 2.43. The summed E-state index contributed by atoms with van der Waals surface area (Å²) in [5.74, 6) is 0.434. The molecule has 15 nitrogen and oxygen atoms in total. The first-order valence-corrected chi connectivity index (χ1v) is 25.0. The summed E-state index contributed by atoms with van der Waals surface area (Å²) < 4.78 is 47.1. The van der Waals surface area contributed by atoms with Crippen LogP contribution in [0.15, 0.2) is 48.5 Å². The van der Waals surface area contributed by atoms with Gasteiger partial charge in [0.2, 0.25) is 11.8 Å². The molecule has 1 saturated carbocycles. The SMILES string of the molecule is COc1cc2nc(C)nc(N[C@H](C)c3cc(C(=O)O)cc(C(F)(F)F)c3)c2cc1C1CCC(C(=O)N2CCC(CCCN(C)C3CCN(C(=O)c4ccc(Cl)c(N5CCC(=O)NC5=O)c4)CC3)CC2)CC1. The zero-order chi connectivity index (χ0) is 50.7. The van der Waals surface area contributed by atoms with Crippen LogP contribution in [0, 0.1) is 18.8 Å². The largest absolute Gasteiger partial charge is 0.496 e. The van der Waals surface area contributed by atoms with Crippen molar-refractivity contribution in [1.82, 2.24) is 30.0 Å². The molecule has 4 aliphatic rings. The van der Waals surface area contributed by atoms with Crippen LogP contribution in [-0.2, 0) is 15.8 Å². The lowest BCUT2D eigenvalue weighted by Crippen LogP contribution is -2.49. The van der Waals surface area contributed by atoms with Crippen LogP contribution < -0.4 is 20.3 Å². The lowest BCUT2D eigenvalue weighted by atomic mass is 9.77. The molecule has 4 aromatic rings. The summed E-state index contributed by atoms with van der Waals surface area (Å²) in [6.45, 7) is 7.31. The van der Waals surface area contributed by atoms with Crippen LogP contribution in [0.5, 0.6) is 5.75 Å². The van der Waals surface area contributed by atoms with Crippen molar-refractivity contribution in [3.63, 3.8) is 0 Å². The minimum Gasteiger partial charge on any atom is -0.496 e. The number of carbonyl (C=O) groups is 5. The fourth-order valence-corrected chi connectivity index (χ4v) is 11.1. The maximum atomic E-state index is 13.9. The van der Waals surface area contributed by atoms with Gasteiger partial charge in [-0.25, -0.2) is 19.6 Å². The molecule has 1 aliphatic carbocycles. The predicted octanol–water partition coefficient (Wildman–Crippen LogP) is 9.47. The normalized spacial score (nSPS) is 20.0. The number of nitrogens with zero attached hydrogens (tertiary/aromatic N) is 6. The Hall–Kier alpha value is -6.01. The topological polar surface area (TPSA) is 178 Å². The summed E-state index contributed by atoms with van der Waals surface area (Å²) in [7, 11) is 3.76. The van der Waals surface area contributed by atoms with E-state index in [1.54, 1.807) is 39.2 Å². The number of carboxylic acids is 1. The van der Waals surface area contributed by atoms with Crippen LogP contribution in [0.25, 0.3) is 10.9 Å². The number of carbonyl (C=O) groups excluding carboxylic acids is 4. The molecule has 1 atom stereocenters. The highest BCUT2D eigenvalue weighted by Gasteiger charge is 2.35. The third-order valence-electron chi connectivity index (χ3n) is 15.0. The number of piperidine rings is 2. The highest BCUT2D eigenvalue weighted by molar-refractivity contribution is 6.34. The molecule has 4 fully saturated rings. The summed E-state index contributed by atoms with van der Waals surface area (Å²) >= 11 is 6.41. The Labute approximate surface area is 416 Å². The molecule has 3 aliphatic heterocycles. The van der Waals surface area contributed by atoms with E-state index >= 15 is 0 Å². The number of nitrogens with one attached hydrogen (secondary N) is 2. The average Bonchev–Trinajstić information content (AvgIpc) is 3.35. The lowest BCUT2D eigenvalue weighted by molar-refractivity contribution is -0.138. The average molecular weight is 1000 g/mol. The third-order valence-corrected chi connectivity index (χ3v) is 15.3. The number of hydrogen-bond donors (Lipinski definition) is 3. The van der Waals surface area contributed by atoms with E-state index in [0.717, 1.165) is 95.5 Å². The molecule has 3 saturated heterocycles. The number of benzene rings is 3. The van der Waals surface area contributed by atoms with E-state index in [9.17, 15) is 42.3 Å². The number of halogens is 4. The Morgan fingerprint density at radius 2 is 1.62 bits per heavy atom. The number of aromatic nitrogens is 2. The van der Waals surface area contributed by atoms with Gasteiger partial charge in [0.05, 0.1) is 40.5 Å². The van der Waals surface area contributed by atoms with Gasteiger partial charge in [-0.05, 0) is 157 Å². The molecule has 1 aromatic heterocycles. The fourth-order valence-electron chi connectivity index (χ4n) is 10.9. The van der Waals surface area contributed by atoms with Gasteiger partial charge in [-0.2, -0.15) is 13.2 Å². The summed E-state index contributed by atoms with van der Waals surface area (Å²) in [4.78, 5) is 80.2. The van der Waals surface area contributed by atoms with E-state index in [0.29, 0.717) is 75.7 Å². The van der Waals surface area contributed by atoms with Crippen LogP contribution in [-0.4, -0.2) is 119 Å². The number of hydrogen-bond acceptors (Lipinski definition) is 10. The smallest absolute Gasteiger partial charge is 0.416 e. The number of carboxylic acid groups (broad SMARTS) is 1. The molecule has 3 aromatic carbocycles. The molecule has 0 spiro atoms. The third kappa shape index (κ3) is 11.9. The van der Waals surface area contributed by atoms with Crippen LogP contribution in [0.1, 0.15) is 133 Å². The van der Waals surface area contributed by atoms with Crippen LogP contribution in [0.4, 0.5) is 29.5 Å². The minimum absolute atomic E-state index is 0.0590. The number of amides is 5. The summed E-state index contributed by atoms with van der Waals surface area (Å²) in [6.07, 6.45) is 4.31. The zero-order valence-electron chi connectivity index (χ0n) is 40.6. The second-order valence-corrected chi connectivity index (χ2v) is 20.0. The van der Waals surface area contributed by atoms with Gasteiger partial charge in [-0.15, -0.1) is 0 Å². The van der Waals surface area contributed by atoms with Gasteiger partial charge in [0, 0.05) is 68.1 Å². The van der Waals surface area contributed by atoms with Crippen molar-refractivity contribution in [3.05, 3.63) is 87.2 Å². The number of rotatable bonds is 14. The molecule has 71 heavy (non-hydrogen) atoms. The highest BCUT2D eigenvalue weighted by atomic mass is 35.5. The predicted molar refractivity (Wildman–Crippen MR) is 263 cm³/mol. The second-order valence-electron chi connectivity index (χ2n) is 19.6. The Kier molecular flexibility index (Phi) is 15.7. The quantitative estimate of drug-likeness (QED) is 0.110. The first-order chi connectivity index (χ1) is 33.9. The number of fused-ring (bicyclic) bond motifs is 1. The molecule has 19 heteroatoms. The Bertz CT molecular complexity index is 2660. The number of aromatic carboxylic acids is 1. The van der Waals surface area contributed by atoms with E-state index in [1.807, 2.05) is 17.0 Å². The number of aryl methyl sites for hydroxylation is 1. The molecule has 4 heterocycles. The molecular weight excluding hydrogens is 941 g/mol. The maximum Gasteiger partial charge on any atom is 0.416 e. The van der Waals surface area contributed by atoms with E-state index in [1.165, 1.54) is 11.0 Å². The molecule has 3 N–H and O–H groups in total. The van der Waals surface area contributed by atoms with Crippen molar-refractivity contribution < 1.29 is 47.0 Å². The van der Waals surface area contributed by atoms with Crippen molar-refractivity contribution in [2.75, 3.05) is 63.6 Å². The molecule has 0 unspecified atom stereocenters. The number of anilines is 2. The standard InChI is InChI=1S/C52H62ClF3N8O7/c1-30(36-24-37(50(68)69)26-38(25-36)52(54,55)56)57-47-41-28-40(45(71-4)29-43(41)58-31(2)59-47)33-7-9-34(10-8-33)48(66)62-19-13-32(14-20-62)6-5-18-61(3)39-15-21-63(22-16-39)49(67)35-11-12-42(53)44(27-35)64-23-17-46(65)60-51(64)70/h11-12,24-30,32-34,39H,5-10,13-23H2,1-4H3,(H,68,69)(H,57,58,59)(H,60,65,70)/t30-,33?,34?/m1/s1. The lowest BCUT2D eigenvalue weighted by Gasteiger charge is -2.38. The van der Waals surface area contributed by atoms with E-state index < -0.39 is 35.3 Å². The molecule has 0 bridgehead atoms. The molecule has 380 valence electrons.